The van der Waals surface area contributed by atoms with Gasteiger partial charge in [0.2, 0.25) is 0 Å². The van der Waals surface area contributed by atoms with Crippen molar-refractivity contribution in [1.82, 2.24) is 0 Å². The Kier molecular flexibility index (Phi) is 46.7. The zero-order valence-electron chi connectivity index (χ0n) is 30.9. The van der Waals surface area contributed by atoms with E-state index in [1.165, 1.54) is 167 Å². The van der Waals surface area contributed by atoms with Gasteiger partial charge in [0.15, 0.2) is 0 Å². The summed E-state index contributed by atoms with van der Waals surface area (Å²) in [6.45, 7) is 4.55. The maximum absolute atomic E-state index is 11.9. The van der Waals surface area contributed by atoms with Gasteiger partial charge in [-0.05, 0) is 12.8 Å². The van der Waals surface area contributed by atoms with Gasteiger partial charge in [-0.1, -0.05) is 194 Å². The van der Waals surface area contributed by atoms with Crippen LogP contribution < -0.4 is 59.1 Å². The fourth-order valence-corrected chi connectivity index (χ4v) is 5.51. The number of unbranched alkanes of at least 4 members (excludes halogenated alkanes) is 28. The third-order valence-corrected chi connectivity index (χ3v) is 8.20. The Morgan fingerprint density at radius 3 is 0.707 bits per heavy atom. The first-order valence-electron chi connectivity index (χ1n) is 17.9. The molecule has 0 heterocycles. The molecule has 0 aliphatic rings. The quantitative estimate of drug-likeness (QED) is 0.0370. The van der Waals surface area contributed by atoms with Crippen molar-refractivity contribution in [2.75, 3.05) is 0 Å². The van der Waals surface area contributed by atoms with Crippen molar-refractivity contribution in [3.63, 3.8) is 0 Å². The number of carbonyl (C=O) groups excluding carboxylic acids is 2. The van der Waals surface area contributed by atoms with Gasteiger partial charge in [0.05, 0.1) is 0 Å². The molecule has 0 aromatic rings. The van der Waals surface area contributed by atoms with Gasteiger partial charge < -0.3 is 7.59 Å². The molecule has 0 aliphatic heterocycles. The van der Waals surface area contributed by atoms with Crippen molar-refractivity contribution < 1.29 is 76.3 Å². The van der Waals surface area contributed by atoms with Crippen LogP contribution in [-0.2, 0) is 14.3 Å². The first-order valence-corrected chi connectivity index (χ1v) is 17.9. The van der Waals surface area contributed by atoms with Crippen LogP contribution in [0.4, 0.5) is 0 Å². The fourth-order valence-electron chi connectivity index (χ4n) is 5.51. The van der Waals surface area contributed by atoms with Gasteiger partial charge in [0.1, 0.15) is 0 Å². The molecule has 0 spiro atoms. The van der Waals surface area contributed by atoms with Gasteiger partial charge in [-0.15, -0.1) is 0 Å². The molecule has 0 radical (unpaired) electrons. The zero-order chi connectivity index (χ0) is 28.5. The molecule has 0 N–H and O–H groups in total. The van der Waals surface area contributed by atoms with Crippen molar-refractivity contribution in [3.05, 3.63) is 0 Å². The summed E-state index contributed by atoms with van der Waals surface area (Å²) in [5.74, 6) is -0.647. The van der Waals surface area contributed by atoms with Crippen LogP contribution in [0, 0.1) is 0 Å². The van der Waals surface area contributed by atoms with Gasteiger partial charge >= 0.3 is 71.1 Å². The number of carbonyl (C=O) groups is 2. The average Bonchev–Trinajstić information content (AvgIpc) is 2.93. The third kappa shape index (κ3) is 41.1. The molecule has 0 rings (SSSR count). The second-order valence-corrected chi connectivity index (χ2v) is 12.2. The summed E-state index contributed by atoms with van der Waals surface area (Å²) in [5.41, 5.74) is 0. The maximum atomic E-state index is 11.9. The summed E-state index contributed by atoms with van der Waals surface area (Å²) in [5, 5.41) is 0. The normalized spacial score (nSPS) is 10.7. The Balaban J connectivity index is -0.00000120. The van der Waals surface area contributed by atoms with Crippen LogP contribution in [-0.4, -0.2) is 11.9 Å². The maximum Gasteiger partial charge on any atom is 1.00 e. The Bertz CT molecular complexity index is 481. The standard InChI is InChI=1S/C36H70O3.2Na.2H/c1-3-5-7-9-11-13-15-17-19-21-23-25-27-29-31-33-35(37)39-36(38)34-32-30-28-26-24-22-20-18-16-14-12-10-8-6-4-2;;;;/h3-34H2,1-2H3;;;;/q;2*+1;2*-1. The monoisotopic (exact) mass is 599 g/mol. The van der Waals surface area contributed by atoms with E-state index in [0.717, 1.165) is 25.7 Å². The van der Waals surface area contributed by atoms with Gasteiger partial charge in [0.25, 0.3) is 0 Å². The first-order chi connectivity index (χ1) is 19.2. The summed E-state index contributed by atoms with van der Waals surface area (Å²) in [7, 11) is 0. The minimum absolute atomic E-state index is 0. The smallest absolute Gasteiger partial charge is 1.00 e. The zero-order valence-corrected chi connectivity index (χ0v) is 32.9. The van der Waals surface area contributed by atoms with Crippen LogP contribution in [0.3, 0.4) is 0 Å². The van der Waals surface area contributed by atoms with Gasteiger partial charge in [-0.25, -0.2) is 0 Å². The molecule has 236 valence electrons. The molecular weight excluding hydrogens is 526 g/mol. The van der Waals surface area contributed by atoms with Crippen LogP contribution >= 0.6 is 0 Å². The molecule has 0 bridgehead atoms. The van der Waals surface area contributed by atoms with Gasteiger partial charge in [-0.3, -0.25) is 9.59 Å². The summed E-state index contributed by atoms with van der Waals surface area (Å²) < 4.78 is 5.01. The first kappa shape index (κ1) is 46.6. The van der Waals surface area contributed by atoms with Crippen molar-refractivity contribution >= 4 is 11.9 Å². The van der Waals surface area contributed by atoms with E-state index in [0.29, 0.717) is 12.8 Å². The SMILES string of the molecule is CCCCCCCCCCCCCCCCCC(=O)OC(=O)CCCCCCCCCCCCCCCCC.[H-].[H-].[Na+].[Na+]. The molecule has 3 nitrogen and oxygen atoms in total. The van der Waals surface area contributed by atoms with Crippen LogP contribution in [0.15, 0.2) is 0 Å². The Morgan fingerprint density at radius 1 is 0.341 bits per heavy atom. The Labute approximate surface area is 305 Å². The minimum atomic E-state index is -0.323. The topological polar surface area (TPSA) is 43.4 Å². The summed E-state index contributed by atoms with van der Waals surface area (Å²) in [6.07, 6.45) is 40.1. The molecule has 5 heteroatoms. The van der Waals surface area contributed by atoms with E-state index in [4.69, 9.17) is 4.74 Å². The summed E-state index contributed by atoms with van der Waals surface area (Å²) in [6, 6.07) is 0. The Hall–Kier alpha value is 1.14. The van der Waals surface area contributed by atoms with E-state index in [1.54, 1.807) is 0 Å². The summed E-state index contributed by atoms with van der Waals surface area (Å²) >= 11 is 0. The number of hydrogen-bond acceptors (Lipinski definition) is 3. The number of hydrogen-bond donors (Lipinski definition) is 0. The molecule has 0 aromatic heterocycles. The molecule has 0 saturated carbocycles. The van der Waals surface area contributed by atoms with E-state index < -0.39 is 0 Å². The molecule has 0 saturated heterocycles. The average molecular weight is 599 g/mol. The largest absolute Gasteiger partial charge is 1.00 e. The Morgan fingerprint density at radius 2 is 0.512 bits per heavy atom. The fraction of sp³-hybridized carbons (Fsp3) is 0.944. The number of rotatable bonds is 32. The van der Waals surface area contributed by atoms with E-state index in [2.05, 4.69) is 13.8 Å². The van der Waals surface area contributed by atoms with E-state index >= 15 is 0 Å². The number of ether oxygens (including phenoxy) is 1. The van der Waals surface area contributed by atoms with Crippen LogP contribution in [0.1, 0.15) is 222 Å². The van der Waals surface area contributed by atoms with E-state index in [9.17, 15) is 9.59 Å². The predicted octanol–water partition coefficient (Wildman–Crippen LogP) is 6.81. The molecule has 0 amide bonds. The third-order valence-electron chi connectivity index (χ3n) is 8.20. The summed E-state index contributed by atoms with van der Waals surface area (Å²) in [4.78, 5) is 23.8. The van der Waals surface area contributed by atoms with Crippen molar-refractivity contribution in [1.29, 1.82) is 0 Å². The van der Waals surface area contributed by atoms with Crippen LogP contribution in [0.5, 0.6) is 0 Å². The molecule has 0 aromatic carbocycles. The van der Waals surface area contributed by atoms with Crippen LogP contribution in [0.25, 0.3) is 0 Å². The van der Waals surface area contributed by atoms with E-state index in [1.807, 2.05) is 0 Å². The predicted molar refractivity (Wildman–Crippen MR) is 172 cm³/mol. The van der Waals surface area contributed by atoms with Crippen molar-refractivity contribution in [2.24, 2.45) is 0 Å². The molecule has 0 unspecified atom stereocenters. The van der Waals surface area contributed by atoms with Crippen molar-refractivity contribution in [3.8, 4) is 0 Å². The van der Waals surface area contributed by atoms with Gasteiger partial charge in [-0.2, -0.15) is 0 Å². The molecule has 0 aliphatic carbocycles. The molecular formula is C36H72Na2O3. The van der Waals surface area contributed by atoms with Gasteiger partial charge in [0, 0.05) is 12.8 Å². The molecule has 0 atom stereocenters. The van der Waals surface area contributed by atoms with E-state index in [-0.39, 0.29) is 73.9 Å². The second kappa shape index (κ2) is 41.1. The van der Waals surface area contributed by atoms with Crippen molar-refractivity contribution in [2.45, 2.75) is 219 Å². The molecule has 0 fully saturated rings. The van der Waals surface area contributed by atoms with Crippen LogP contribution in [0.2, 0.25) is 0 Å². The second-order valence-electron chi connectivity index (χ2n) is 12.2. The minimum Gasteiger partial charge on any atom is -1.00 e. The molecule has 41 heavy (non-hydrogen) atoms. The number of esters is 2.